The highest BCUT2D eigenvalue weighted by molar-refractivity contribution is 5.83. The molecule has 2 unspecified atom stereocenters. The van der Waals surface area contributed by atoms with Crippen molar-refractivity contribution in [3.05, 3.63) is 0 Å². The zero-order chi connectivity index (χ0) is 15.6. The van der Waals surface area contributed by atoms with E-state index in [1.807, 2.05) is 0 Å². The third-order valence-electron chi connectivity index (χ3n) is 4.17. The molecule has 0 aromatic rings. The minimum atomic E-state index is -1.01. The Morgan fingerprint density at radius 3 is 2.10 bits per heavy atom. The van der Waals surface area contributed by atoms with Gasteiger partial charge in [0, 0.05) is 33.1 Å². The van der Waals surface area contributed by atoms with Crippen molar-refractivity contribution < 1.29 is 24.2 Å². The van der Waals surface area contributed by atoms with E-state index >= 15 is 0 Å². The first-order valence-electron chi connectivity index (χ1n) is 7.28. The predicted octanol–water partition coefficient (Wildman–Crippen LogP) is -0.0546. The maximum atomic E-state index is 12.3. The Kier molecular flexibility index (Phi) is 4.82. The van der Waals surface area contributed by atoms with Gasteiger partial charge in [0.05, 0.1) is 0 Å². The minimum absolute atomic E-state index is 0.0275. The van der Waals surface area contributed by atoms with Crippen molar-refractivity contribution in [1.29, 1.82) is 0 Å². The van der Waals surface area contributed by atoms with E-state index in [0.29, 0.717) is 38.8 Å². The van der Waals surface area contributed by atoms with E-state index in [1.165, 1.54) is 0 Å². The topological polar surface area (TPSA) is 87.2 Å². The number of amides is 2. The second kappa shape index (κ2) is 6.43. The van der Waals surface area contributed by atoms with Gasteiger partial charge in [0.15, 0.2) is 6.10 Å². The predicted molar refractivity (Wildman–Crippen MR) is 73.5 cm³/mol. The van der Waals surface area contributed by atoms with E-state index in [9.17, 15) is 14.4 Å². The Morgan fingerprint density at radius 2 is 1.62 bits per heavy atom. The molecule has 1 N–H and O–H groups in total. The second-order valence-electron chi connectivity index (χ2n) is 5.86. The lowest BCUT2D eigenvalue weighted by Crippen LogP contribution is -2.46. The molecule has 0 saturated carbocycles. The molecule has 118 valence electrons. The summed E-state index contributed by atoms with van der Waals surface area (Å²) in [6, 6.07) is 0. The Labute approximate surface area is 123 Å². The standard InChI is InChI=1S/C14H22N2O5/c1-15(2)12(17)9-5-7-16(8-6-9)13(18)10-3-4-11(21-10)14(19)20/h9-11H,3-8H2,1-2H3,(H,19,20). The number of likely N-dealkylation sites (tertiary alicyclic amines) is 1. The van der Waals surface area contributed by atoms with Crippen LogP contribution in [0.3, 0.4) is 0 Å². The molecule has 21 heavy (non-hydrogen) atoms. The molecule has 2 aliphatic rings. The summed E-state index contributed by atoms with van der Waals surface area (Å²) in [5, 5.41) is 8.88. The Hall–Kier alpha value is -1.63. The van der Waals surface area contributed by atoms with Crippen molar-refractivity contribution in [2.75, 3.05) is 27.2 Å². The highest BCUT2D eigenvalue weighted by atomic mass is 16.5. The van der Waals surface area contributed by atoms with Crippen LogP contribution in [0.25, 0.3) is 0 Å². The van der Waals surface area contributed by atoms with Crippen molar-refractivity contribution in [2.45, 2.75) is 37.9 Å². The monoisotopic (exact) mass is 298 g/mol. The van der Waals surface area contributed by atoms with Crippen LogP contribution in [0.4, 0.5) is 0 Å². The smallest absolute Gasteiger partial charge is 0.332 e. The van der Waals surface area contributed by atoms with Gasteiger partial charge in [-0.1, -0.05) is 0 Å². The summed E-state index contributed by atoms with van der Waals surface area (Å²) in [5.41, 5.74) is 0. The normalized spacial score (nSPS) is 26.7. The van der Waals surface area contributed by atoms with Gasteiger partial charge < -0.3 is 19.6 Å². The second-order valence-corrected chi connectivity index (χ2v) is 5.86. The molecular formula is C14H22N2O5. The number of piperidine rings is 1. The van der Waals surface area contributed by atoms with Crippen LogP contribution in [0.5, 0.6) is 0 Å². The van der Waals surface area contributed by atoms with Gasteiger partial charge in [-0.3, -0.25) is 9.59 Å². The van der Waals surface area contributed by atoms with E-state index in [2.05, 4.69) is 0 Å². The summed E-state index contributed by atoms with van der Waals surface area (Å²) in [4.78, 5) is 38.3. The summed E-state index contributed by atoms with van der Waals surface area (Å²) < 4.78 is 5.28. The molecule has 2 saturated heterocycles. The molecule has 0 aromatic carbocycles. The number of carboxylic acids is 1. The fourth-order valence-electron chi connectivity index (χ4n) is 2.92. The van der Waals surface area contributed by atoms with Crippen molar-refractivity contribution in [3.63, 3.8) is 0 Å². The summed E-state index contributed by atoms with van der Waals surface area (Å²) >= 11 is 0. The van der Waals surface area contributed by atoms with Crippen LogP contribution in [0, 0.1) is 5.92 Å². The molecule has 7 nitrogen and oxygen atoms in total. The molecule has 0 radical (unpaired) electrons. The van der Waals surface area contributed by atoms with Crippen LogP contribution in [-0.4, -0.2) is 72.1 Å². The molecule has 2 aliphatic heterocycles. The molecule has 2 amide bonds. The van der Waals surface area contributed by atoms with Crippen LogP contribution in [-0.2, 0) is 19.1 Å². The van der Waals surface area contributed by atoms with Crippen LogP contribution < -0.4 is 0 Å². The SMILES string of the molecule is CN(C)C(=O)C1CCN(C(=O)C2CCC(C(=O)O)O2)CC1. The summed E-state index contributed by atoms with van der Waals surface area (Å²) in [6.07, 6.45) is 0.614. The quantitative estimate of drug-likeness (QED) is 0.789. The number of ether oxygens (including phenoxy) is 1. The lowest BCUT2D eigenvalue weighted by molar-refractivity contribution is -0.156. The van der Waals surface area contributed by atoms with E-state index in [1.54, 1.807) is 23.9 Å². The fraction of sp³-hybridized carbons (Fsp3) is 0.786. The van der Waals surface area contributed by atoms with Gasteiger partial charge in [-0.2, -0.15) is 0 Å². The molecule has 0 aromatic heterocycles. The van der Waals surface area contributed by atoms with Gasteiger partial charge in [0.1, 0.15) is 6.10 Å². The molecule has 0 aliphatic carbocycles. The van der Waals surface area contributed by atoms with Crippen molar-refractivity contribution in [1.82, 2.24) is 9.80 Å². The average Bonchev–Trinajstić information content (AvgIpc) is 2.96. The number of nitrogens with zero attached hydrogens (tertiary/aromatic N) is 2. The first kappa shape index (κ1) is 15.8. The third-order valence-corrected chi connectivity index (χ3v) is 4.17. The average molecular weight is 298 g/mol. The van der Waals surface area contributed by atoms with Crippen LogP contribution in [0.15, 0.2) is 0 Å². The van der Waals surface area contributed by atoms with Crippen molar-refractivity contribution in [2.24, 2.45) is 5.92 Å². The molecule has 2 fully saturated rings. The number of carbonyl (C=O) groups is 3. The Morgan fingerprint density at radius 1 is 1.05 bits per heavy atom. The van der Waals surface area contributed by atoms with Crippen LogP contribution in [0.2, 0.25) is 0 Å². The first-order chi connectivity index (χ1) is 9.90. The minimum Gasteiger partial charge on any atom is -0.479 e. The molecule has 0 bridgehead atoms. The number of hydrogen-bond acceptors (Lipinski definition) is 4. The number of hydrogen-bond donors (Lipinski definition) is 1. The Balaban J connectivity index is 1.84. The molecule has 2 rings (SSSR count). The van der Waals surface area contributed by atoms with E-state index in [4.69, 9.17) is 9.84 Å². The van der Waals surface area contributed by atoms with Crippen LogP contribution in [0.1, 0.15) is 25.7 Å². The van der Waals surface area contributed by atoms with E-state index in [-0.39, 0.29) is 17.7 Å². The zero-order valence-corrected chi connectivity index (χ0v) is 12.4. The number of aliphatic carboxylic acids is 1. The zero-order valence-electron chi connectivity index (χ0n) is 12.4. The summed E-state index contributed by atoms with van der Waals surface area (Å²) in [7, 11) is 3.47. The van der Waals surface area contributed by atoms with Crippen molar-refractivity contribution >= 4 is 17.8 Å². The molecular weight excluding hydrogens is 276 g/mol. The van der Waals surface area contributed by atoms with Gasteiger partial charge in [-0.15, -0.1) is 0 Å². The highest BCUT2D eigenvalue weighted by Gasteiger charge is 2.38. The van der Waals surface area contributed by atoms with E-state index < -0.39 is 18.2 Å². The first-order valence-corrected chi connectivity index (χ1v) is 7.28. The number of carboxylic acid groups (broad SMARTS) is 1. The Bertz CT molecular complexity index is 429. The van der Waals surface area contributed by atoms with Gasteiger partial charge in [-0.25, -0.2) is 4.79 Å². The summed E-state index contributed by atoms with van der Waals surface area (Å²) in [6.45, 7) is 1.06. The van der Waals surface area contributed by atoms with Crippen LogP contribution >= 0.6 is 0 Å². The lowest BCUT2D eigenvalue weighted by Gasteiger charge is -2.33. The lowest BCUT2D eigenvalue weighted by atomic mass is 9.95. The molecule has 0 spiro atoms. The molecule has 7 heteroatoms. The van der Waals surface area contributed by atoms with Gasteiger partial charge in [-0.05, 0) is 25.7 Å². The van der Waals surface area contributed by atoms with Gasteiger partial charge in [0.2, 0.25) is 5.91 Å². The largest absolute Gasteiger partial charge is 0.479 e. The molecule has 2 heterocycles. The van der Waals surface area contributed by atoms with Gasteiger partial charge in [0.25, 0.3) is 5.91 Å². The number of carbonyl (C=O) groups excluding carboxylic acids is 2. The third kappa shape index (κ3) is 3.53. The van der Waals surface area contributed by atoms with E-state index in [0.717, 1.165) is 0 Å². The maximum absolute atomic E-state index is 12.3. The highest BCUT2D eigenvalue weighted by Crippen LogP contribution is 2.25. The number of rotatable bonds is 3. The maximum Gasteiger partial charge on any atom is 0.332 e. The molecule has 2 atom stereocenters. The summed E-state index contributed by atoms with van der Waals surface area (Å²) in [5.74, 6) is -1.08. The fourth-order valence-corrected chi connectivity index (χ4v) is 2.92. The van der Waals surface area contributed by atoms with Crippen molar-refractivity contribution in [3.8, 4) is 0 Å². The van der Waals surface area contributed by atoms with Gasteiger partial charge >= 0.3 is 5.97 Å².